The van der Waals surface area contributed by atoms with Gasteiger partial charge in [-0.25, -0.2) is 0 Å². The summed E-state index contributed by atoms with van der Waals surface area (Å²) in [5, 5.41) is 16.7. The number of nitrogens with one attached hydrogen (secondary N) is 2. The normalized spacial score (nSPS) is 34.6. The first-order chi connectivity index (χ1) is 11.7. The van der Waals surface area contributed by atoms with Gasteiger partial charge in [0.05, 0.1) is 18.6 Å². The molecule has 0 radical (unpaired) electrons. The lowest BCUT2D eigenvalue weighted by Crippen LogP contribution is -2.47. The Morgan fingerprint density at radius 3 is 2.40 bits per heavy atom. The van der Waals surface area contributed by atoms with Gasteiger partial charge >= 0.3 is 6.18 Å². The largest absolute Gasteiger partial charge is 0.392 e. The smallest absolute Gasteiger partial charge is 0.391 e. The monoisotopic (exact) mass is 363 g/mol. The lowest BCUT2D eigenvalue weighted by Gasteiger charge is -2.37. The van der Waals surface area contributed by atoms with E-state index >= 15 is 0 Å². The molecule has 0 amide bonds. The van der Waals surface area contributed by atoms with Crippen LogP contribution in [0.2, 0.25) is 0 Å². The second kappa shape index (κ2) is 8.60. The highest BCUT2D eigenvalue weighted by Crippen LogP contribution is 2.38. The van der Waals surface area contributed by atoms with Crippen molar-refractivity contribution in [3.8, 4) is 0 Å². The summed E-state index contributed by atoms with van der Waals surface area (Å²) >= 11 is 0. The summed E-state index contributed by atoms with van der Waals surface area (Å²) in [5.74, 6) is -0.515. The Labute approximate surface area is 148 Å². The zero-order chi connectivity index (χ0) is 18.5. The van der Waals surface area contributed by atoms with E-state index in [4.69, 9.17) is 0 Å². The van der Waals surface area contributed by atoms with Crippen LogP contribution in [-0.2, 0) is 0 Å². The third-order valence-electron chi connectivity index (χ3n) is 5.75. The predicted molar refractivity (Wildman–Crippen MR) is 93.5 cm³/mol. The van der Waals surface area contributed by atoms with Crippen LogP contribution in [-0.4, -0.2) is 42.5 Å². The van der Waals surface area contributed by atoms with Crippen LogP contribution in [0.5, 0.6) is 0 Å². The van der Waals surface area contributed by atoms with Crippen LogP contribution in [0.4, 0.5) is 13.2 Å². The molecule has 0 saturated heterocycles. The summed E-state index contributed by atoms with van der Waals surface area (Å²) in [7, 11) is 0. The lowest BCUT2D eigenvalue weighted by atomic mass is 9.73. The fourth-order valence-electron chi connectivity index (χ4n) is 3.90. The first kappa shape index (κ1) is 20.3. The molecular weight excluding hydrogens is 331 g/mol. The highest BCUT2D eigenvalue weighted by Gasteiger charge is 2.41. The van der Waals surface area contributed by atoms with Crippen molar-refractivity contribution in [3.05, 3.63) is 0 Å². The van der Waals surface area contributed by atoms with Gasteiger partial charge in [-0.3, -0.25) is 4.99 Å². The number of guanidine groups is 1. The average Bonchev–Trinajstić information content (AvgIpc) is 2.56. The second-order valence-corrected chi connectivity index (χ2v) is 7.85. The molecule has 25 heavy (non-hydrogen) atoms. The number of aliphatic hydroxyl groups excluding tert-OH is 1. The van der Waals surface area contributed by atoms with Gasteiger partial charge in [0.2, 0.25) is 0 Å². The van der Waals surface area contributed by atoms with E-state index in [1.54, 1.807) is 0 Å². The lowest BCUT2D eigenvalue weighted by molar-refractivity contribution is -0.182. The molecule has 2 fully saturated rings. The molecule has 2 aliphatic carbocycles. The third kappa shape index (κ3) is 5.76. The number of aliphatic hydroxyl groups is 1. The molecule has 0 spiro atoms. The molecule has 2 rings (SSSR count). The molecule has 3 N–H and O–H groups in total. The van der Waals surface area contributed by atoms with E-state index in [0.717, 1.165) is 25.7 Å². The number of hydrogen-bond donors (Lipinski definition) is 3. The Balaban J connectivity index is 1.90. The highest BCUT2D eigenvalue weighted by molar-refractivity contribution is 5.80. The topological polar surface area (TPSA) is 56.7 Å². The van der Waals surface area contributed by atoms with Gasteiger partial charge in [0.1, 0.15) is 0 Å². The molecule has 0 aromatic carbocycles. The first-order valence-corrected chi connectivity index (χ1v) is 9.54. The molecule has 2 atom stereocenters. The molecule has 0 heterocycles. The van der Waals surface area contributed by atoms with Gasteiger partial charge in [-0.15, -0.1) is 0 Å². The Morgan fingerprint density at radius 1 is 1.16 bits per heavy atom. The van der Waals surface area contributed by atoms with Crippen LogP contribution in [0, 0.1) is 11.3 Å². The molecule has 7 heteroatoms. The van der Waals surface area contributed by atoms with Crippen molar-refractivity contribution in [2.75, 3.05) is 13.1 Å². The fourth-order valence-corrected chi connectivity index (χ4v) is 3.90. The van der Waals surface area contributed by atoms with E-state index in [1.807, 2.05) is 6.92 Å². The summed E-state index contributed by atoms with van der Waals surface area (Å²) in [6.07, 6.45) is 0.891. The highest BCUT2D eigenvalue weighted by atomic mass is 19.4. The molecule has 2 aliphatic rings. The minimum Gasteiger partial charge on any atom is -0.392 e. The van der Waals surface area contributed by atoms with Crippen LogP contribution in [0.25, 0.3) is 0 Å². The van der Waals surface area contributed by atoms with Crippen LogP contribution >= 0.6 is 0 Å². The van der Waals surface area contributed by atoms with Crippen molar-refractivity contribution in [1.82, 2.24) is 10.6 Å². The molecule has 4 nitrogen and oxygen atoms in total. The molecular formula is C18H32F3N3O. The Hall–Kier alpha value is -0.980. The number of nitrogens with zero attached hydrogens (tertiary/aromatic N) is 1. The average molecular weight is 363 g/mol. The molecule has 0 aliphatic heterocycles. The zero-order valence-electron chi connectivity index (χ0n) is 15.3. The van der Waals surface area contributed by atoms with E-state index in [9.17, 15) is 18.3 Å². The van der Waals surface area contributed by atoms with Crippen molar-refractivity contribution >= 4 is 5.96 Å². The quantitative estimate of drug-likeness (QED) is 0.528. The Bertz CT molecular complexity index is 447. The molecule has 2 unspecified atom stereocenters. The number of aliphatic imine (C=N–C) groups is 1. The SMILES string of the molecule is CCNC(=NCC1(C)CCCCC1O)NC1CCC(C(F)(F)F)CC1. The first-order valence-electron chi connectivity index (χ1n) is 9.54. The van der Waals surface area contributed by atoms with Gasteiger partial charge < -0.3 is 15.7 Å². The van der Waals surface area contributed by atoms with Gasteiger partial charge in [-0.2, -0.15) is 13.2 Å². The van der Waals surface area contributed by atoms with E-state index in [2.05, 4.69) is 22.5 Å². The summed E-state index contributed by atoms with van der Waals surface area (Å²) in [5.41, 5.74) is -0.214. The van der Waals surface area contributed by atoms with E-state index in [0.29, 0.717) is 31.9 Å². The number of halogens is 3. The summed E-state index contributed by atoms with van der Waals surface area (Å²) in [4.78, 5) is 4.63. The maximum atomic E-state index is 12.8. The van der Waals surface area contributed by atoms with Gasteiger partial charge in [0.15, 0.2) is 5.96 Å². The van der Waals surface area contributed by atoms with Crippen molar-refractivity contribution in [3.63, 3.8) is 0 Å². The Morgan fingerprint density at radius 2 is 1.84 bits per heavy atom. The summed E-state index contributed by atoms with van der Waals surface area (Å²) < 4.78 is 38.3. The predicted octanol–water partition coefficient (Wildman–Crippen LogP) is 3.60. The van der Waals surface area contributed by atoms with Crippen LogP contribution in [0.1, 0.15) is 65.2 Å². The molecule has 0 aromatic heterocycles. The van der Waals surface area contributed by atoms with E-state index in [-0.39, 0.29) is 30.4 Å². The molecule has 0 bridgehead atoms. The minimum absolute atomic E-state index is 0.0282. The van der Waals surface area contributed by atoms with Crippen LogP contribution in [0.3, 0.4) is 0 Å². The zero-order valence-corrected chi connectivity index (χ0v) is 15.3. The number of hydrogen-bond acceptors (Lipinski definition) is 2. The maximum absolute atomic E-state index is 12.8. The summed E-state index contributed by atoms with van der Waals surface area (Å²) in [6, 6.07) is 0.0282. The second-order valence-electron chi connectivity index (χ2n) is 7.85. The van der Waals surface area contributed by atoms with Crippen molar-refractivity contribution < 1.29 is 18.3 Å². The number of alkyl halides is 3. The van der Waals surface area contributed by atoms with Crippen molar-refractivity contribution in [1.29, 1.82) is 0 Å². The standard InChI is InChI=1S/C18H32F3N3O/c1-3-22-16(23-12-17(2)11-5-4-6-15(17)25)24-14-9-7-13(8-10-14)18(19,20)21/h13-15,25H,3-12H2,1-2H3,(H2,22,23,24). The van der Waals surface area contributed by atoms with Gasteiger partial charge in [0, 0.05) is 18.0 Å². The van der Waals surface area contributed by atoms with Crippen molar-refractivity contribution in [2.45, 2.75) is 83.5 Å². The number of rotatable bonds is 4. The van der Waals surface area contributed by atoms with Crippen LogP contribution in [0.15, 0.2) is 4.99 Å². The van der Waals surface area contributed by atoms with Crippen molar-refractivity contribution in [2.24, 2.45) is 16.3 Å². The fraction of sp³-hybridized carbons (Fsp3) is 0.944. The molecule has 2 saturated carbocycles. The molecule has 0 aromatic rings. The van der Waals surface area contributed by atoms with E-state index in [1.165, 1.54) is 0 Å². The van der Waals surface area contributed by atoms with Gasteiger partial charge in [-0.05, 0) is 45.4 Å². The Kier molecular flexibility index (Phi) is 7.00. The summed E-state index contributed by atoms with van der Waals surface area (Å²) in [6.45, 7) is 5.26. The minimum atomic E-state index is -4.07. The van der Waals surface area contributed by atoms with E-state index < -0.39 is 12.1 Å². The maximum Gasteiger partial charge on any atom is 0.391 e. The third-order valence-corrected chi connectivity index (χ3v) is 5.75. The van der Waals surface area contributed by atoms with Gasteiger partial charge in [-0.1, -0.05) is 19.8 Å². The van der Waals surface area contributed by atoms with Gasteiger partial charge in [0.25, 0.3) is 0 Å². The van der Waals surface area contributed by atoms with Crippen LogP contribution < -0.4 is 10.6 Å². The molecule has 146 valence electrons.